The van der Waals surface area contributed by atoms with Crippen molar-refractivity contribution in [2.24, 2.45) is 0 Å². The van der Waals surface area contributed by atoms with Crippen LogP contribution in [0.25, 0.3) is 0 Å². The maximum Gasteiger partial charge on any atom is 0.119 e. The summed E-state index contributed by atoms with van der Waals surface area (Å²) < 4.78 is 5.78. The highest BCUT2D eigenvalue weighted by Crippen LogP contribution is 2.32. The largest absolute Gasteiger partial charge is 0.491 e. The Balaban J connectivity index is 2.14. The third-order valence-electron chi connectivity index (χ3n) is 3.44. The molecule has 2 rings (SSSR count). The molecular formula is C16H25NO. The van der Waals surface area contributed by atoms with Gasteiger partial charge in [0.25, 0.3) is 0 Å². The third kappa shape index (κ3) is 3.26. The number of nitrogens with one attached hydrogen (secondary N) is 1. The Morgan fingerprint density at radius 3 is 2.94 bits per heavy atom. The molecule has 0 saturated carbocycles. The van der Waals surface area contributed by atoms with Crippen molar-refractivity contribution in [2.45, 2.75) is 58.6 Å². The second-order valence-corrected chi connectivity index (χ2v) is 5.43. The van der Waals surface area contributed by atoms with Gasteiger partial charge in [0.15, 0.2) is 0 Å². The lowest BCUT2D eigenvalue weighted by Crippen LogP contribution is -2.25. The molecular weight excluding hydrogens is 222 g/mol. The molecule has 18 heavy (non-hydrogen) atoms. The van der Waals surface area contributed by atoms with Crippen LogP contribution in [-0.2, 0) is 6.42 Å². The van der Waals surface area contributed by atoms with Crippen LogP contribution in [0.3, 0.4) is 0 Å². The summed E-state index contributed by atoms with van der Waals surface area (Å²) in [5.41, 5.74) is 2.94. The summed E-state index contributed by atoms with van der Waals surface area (Å²) in [5, 5.41) is 3.65. The first kappa shape index (κ1) is 13.4. The van der Waals surface area contributed by atoms with E-state index in [0.29, 0.717) is 6.04 Å². The monoisotopic (exact) mass is 247 g/mol. The average Bonchev–Trinajstić information content (AvgIpc) is 2.35. The normalized spacial score (nSPS) is 18.8. The number of benzene rings is 1. The third-order valence-corrected chi connectivity index (χ3v) is 3.44. The van der Waals surface area contributed by atoms with Crippen molar-refractivity contribution in [1.29, 1.82) is 0 Å². The minimum absolute atomic E-state index is 0.251. The molecule has 1 atom stereocenters. The second kappa shape index (κ2) is 6.24. The summed E-state index contributed by atoms with van der Waals surface area (Å²) in [5.74, 6) is 1.01. The van der Waals surface area contributed by atoms with Crippen LogP contribution in [0.2, 0.25) is 0 Å². The zero-order chi connectivity index (χ0) is 13.0. The quantitative estimate of drug-likeness (QED) is 0.853. The first-order chi connectivity index (χ1) is 8.70. The lowest BCUT2D eigenvalue weighted by molar-refractivity contribution is 0.242. The van der Waals surface area contributed by atoms with Gasteiger partial charge in [0.1, 0.15) is 5.75 Å². The molecule has 0 heterocycles. The van der Waals surface area contributed by atoms with Crippen LogP contribution in [0.4, 0.5) is 0 Å². The van der Waals surface area contributed by atoms with Gasteiger partial charge in [-0.2, -0.15) is 0 Å². The topological polar surface area (TPSA) is 21.3 Å². The van der Waals surface area contributed by atoms with Crippen molar-refractivity contribution in [3.8, 4) is 5.75 Å². The van der Waals surface area contributed by atoms with Crippen molar-refractivity contribution in [1.82, 2.24) is 5.32 Å². The van der Waals surface area contributed by atoms with Crippen molar-refractivity contribution in [3.63, 3.8) is 0 Å². The number of aryl methyl sites for hydroxylation is 1. The van der Waals surface area contributed by atoms with Gasteiger partial charge >= 0.3 is 0 Å². The van der Waals surface area contributed by atoms with Crippen LogP contribution in [0.5, 0.6) is 5.75 Å². The van der Waals surface area contributed by atoms with E-state index in [1.165, 1.54) is 36.8 Å². The Labute approximate surface area is 111 Å². The Bertz CT molecular complexity index is 387. The molecule has 100 valence electrons. The lowest BCUT2D eigenvalue weighted by Gasteiger charge is -2.27. The summed E-state index contributed by atoms with van der Waals surface area (Å²) in [7, 11) is 0. The Hall–Kier alpha value is -1.02. The molecule has 0 aliphatic heterocycles. The van der Waals surface area contributed by atoms with E-state index in [4.69, 9.17) is 4.74 Å². The van der Waals surface area contributed by atoms with Gasteiger partial charge in [-0.15, -0.1) is 0 Å². The van der Waals surface area contributed by atoms with Crippen LogP contribution in [0.15, 0.2) is 18.2 Å². The van der Waals surface area contributed by atoms with E-state index in [9.17, 15) is 0 Å². The van der Waals surface area contributed by atoms with Crippen LogP contribution in [0, 0.1) is 0 Å². The predicted octanol–water partition coefficient (Wildman–Crippen LogP) is 3.85. The summed E-state index contributed by atoms with van der Waals surface area (Å²) in [6, 6.07) is 7.14. The fourth-order valence-electron chi connectivity index (χ4n) is 2.67. The van der Waals surface area contributed by atoms with Crippen molar-refractivity contribution in [3.05, 3.63) is 29.3 Å². The number of rotatable bonds is 5. The lowest BCUT2D eigenvalue weighted by atomic mass is 9.87. The molecule has 0 bridgehead atoms. The van der Waals surface area contributed by atoms with E-state index in [1.807, 2.05) is 0 Å². The highest BCUT2D eigenvalue weighted by atomic mass is 16.5. The smallest absolute Gasteiger partial charge is 0.119 e. The summed E-state index contributed by atoms with van der Waals surface area (Å²) in [4.78, 5) is 0. The number of fused-ring (bicyclic) bond motifs is 1. The molecule has 0 amide bonds. The predicted molar refractivity (Wildman–Crippen MR) is 76.2 cm³/mol. The van der Waals surface area contributed by atoms with Gasteiger partial charge in [-0.3, -0.25) is 0 Å². The van der Waals surface area contributed by atoms with E-state index < -0.39 is 0 Å². The maximum absolute atomic E-state index is 5.78. The molecule has 1 aromatic carbocycles. The van der Waals surface area contributed by atoms with Gasteiger partial charge in [0.05, 0.1) is 6.10 Å². The van der Waals surface area contributed by atoms with Crippen LogP contribution in [0.1, 0.15) is 57.2 Å². The molecule has 1 aliphatic rings. The standard InChI is InChI=1S/C16H25NO/c1-4-10-17-16-7-5-6-13-11-14(18-12(2)3)8-9-15(13)16/h8-9,11-12,16-17H,4-7,10H2,1-3H3. The number of hydrogen-bond acceptors (Lipinski definition) is 2. The van der Waals surface area contributed by atoms with Crippen LogP contribution in [-0.4, -0.2) is 12.6 Å². The minimum atomic E-state index is 0.251. The molecule has 0 aromatic heterocycles. The first-order valence-electron chi connectivity index (χ1n) is 7.23. The summed E-state index contributed by atoms with van der Waals surface area (Å²) in [6.07, 6.45) is 5.17. The molecule has 0 radical (unpaired) electrons. The molecule has 1 unspecified atom stereocenters. The van der Waals surface area contributed by atoms with E-state index in [-0.39, 0.29) is 6.10 Å². The van der Waals surface area contributed by atoms with Crippen molar-refractivity contribution >= 4 is 0 Å². The summed E-state index contributed by atoms with van der Waals surface area (Å²) >= 11 is 0. The summed E-state index contributed by atoms with van der Waals surface area (Å²) in [6.45, 7) is 7.47. The molecule has 1 aliphatic carbocycles. The Morgan fingerprint density at radius 1 is 1.39 bits per heavy atom. The van der Waals surface area contributed by atoms with Gasteiger partial charge in [-0.1, -0.05) is 13.0 Å². The average molecular weight is 247 g/mol. The van der Waals surface area contributed by atoms with Gasteiger partial charge in [0.2, 0.25) is 0 Å². The molecule has 0 saturated heterocycles. The van der Waals surface area contributed by atoms with Gasteiger partial charge < -0.3 is 10.1 Å². The SMILES string of the molecule is CCCNC1CCCc2cc(OC(C)C)ccc21. The van der Waals surface area contributed by atoms with E-state index >= 15 is 0 Å². The molecule has 0 fully saturated rings. The number of ether oxygens (including phenoxy) is 1. The van der Waals surface area contributed by atoms with Gasteiger partial charge in [-0.25, -0.2) is 0 Å². The zero-order valence-corrected chi connectivity index (χ0v) is 11.8. The maximum atomic E-state index is 5.78. The van der Waals surface area contributed by atoms with E-state index in [0.717, 1.165) is 12.3 Å². The van der Waals surface area contributed by atoms with Gasteiger partial charge in [0, 0.05) is 6.04 Å². The molecule has 2 heteroatoms. The fourth-order valence-corrected chi connectivity index (χ4v) is 2.67. The first-order valence-corrected chi connectivity index (χ1v) is 7.23. The second-order valence-electron chi connectivity index (χ2n) is 5.43. The van der Waals surface area contributed by atoms with E-state index in [1.54, 1.807) is 0 Å². The highest BCUT2D eigenvalue weighted by molar-refractivity contribution is 5.39. The zero-order valence-electron chi connectivity index (χ0n) is 11.8. The molecule has 2 nitrogen and oxygen atoms in total. The van der Waals surface area contributed by atoms with Crippen LogP contribution < -0.4 is 10.1 Å². The van der Waals surface area contributed by atoms with E-state index in [2.05, 4.69) is 44.3 Å². The molecule has 0 spiro atoms. The minimum Gasteiger partial charge on any atom is -0.491 e. The highest BCUT2D eigenvalue weighted by Gasteiger charge is 2.19. The molecule has 1 aromatic rings. The number of hydrogen-bond donors (Lipinski definition) is 1. The van der Waals surface area contributed by atoms with Crippen LogP contribution >= 0.6 is 0 Å². The fraction of sp³-hybridized carbons (Fsp3) is 0.625. The Morgan fingerprint density at radius 2 is 2.22 bits per heavy atom. The van der Waals surface area contributed by atoms with Crippen molar-refractivity contribution < 1.29 is 4.74 Å². The van der Waals surface area contributed by atoms with Crippen molar-refractivity contribution in [2.75, 3.05) is 6.54 Å². The Kier molecular flexibility index (Phi) is 4.65. The van der Waals surface area contributed by atoms with Gasteiger partial charge in [-0.05, 0) is 69.3 Å². The molecule has 1 N–H and O–H groups in total.